The SMILES string of the molecule is O=C(c1csc(Cl)c1)N1CC(CBr)C1. The van der Waals surface area contributed by atoms with Gasteiger partial charge in [-0.2, -0.15) is 0 Å². The van der Waals surface area contributed by atoms with E-state index in [1.165, 1.54) is 11.3 Å². The number of hydrogen-bond donors (Lipinski definition) is 0. The van der Waals surface area contributed by atoms with E-state index < -0.39 is 0 Å². The number of amides is 1. The summed E-state index contributed by atoms with van der Waals surface area (Å²) in [6, 6.07) is 1.73. The highest BCUT2D eigenvalue weighted by molar-refractivity contribution is 9.09. The van der Waals surface area contributed by atoms with Gasteiger partial charge in [-0.15, -0.1) is 11.3 Å². The van der Waals surface area contributed by atoms with E-state index in [4.69, 9.17) is 11.6 Å². The van der Waals surface area contributed by atoms with Gasteiger partial charge < -0.3 is 4.90 Å². The second kappa shape index (κ2) is 4.21. The summed E-state index contributed by atoms with van der Waals surface area (Å²) in [4.78, 5) is 13.6. The van der Waals surface area contributed by atoms with Crippen molar-refractivity contribution in [3.8, 4) is 0 Å². The molecule has 76 valence electrons. The van der Waals surface area contributed by atoms with Gasteiger partial charge >= 0.3 is 0 Å². The van der Waals surface area contributed by atoms with Crippen molar-refractivity contribution in [2.45, 2.75) is 0 Å². The Hall–Kier alpha value is -0.0600. The molecule has 0 atom stereocenters. The molecule has 1 amide bonds. The number of carbonyl (C=O) groups excluding carboxylic acids is 1. The third-order valence-electron chi connectivity index (χ3n) is 2.28. The van der Waals surface area contributed by atoms with Crippen LogP contribution in [0.25, 0.3) is 0 Å². The Bertz CT molecular complexity index is 348. The summed E-state index contributed by atoms with van der Waals surface area (Å²) < 4.78 is 0.672. The van der Waals surface area contributed by atoms with E-state index in [1.807, 2.05) is 10.3 Å². The molecule has 2 nitrogen and oxygen atoms in total. The number of rotatable bonds is 2. The first-order chi connectivity index (χ1) is 6.70. The quantitative estimate of drug-likeness (QED) is 0.768. The fourth-order valence-corrected chi connectivity index (χ4v) is 2.70. The van der Waals surface area contributed by atoms with Gasteiger partial charge in [-0.05, 0) is 6.07 Å². The topological polar surface area (TPSA) is 20.3 Å². The van der Waals surface area contributed by atoms with E-state index in [-0.39, 0.29) is 5.91 Å². The molecule has 0 N–H and O–H groups in total. The van der Waals surface area contributed by atoms with Crippen LogP contribution >= 0.6 is 38.9 Å². The van der Waals surface area contributed by atoms with Crippen molar-refractivity contribution in [1.29, 1.82) is 0 Å². The summed E-state index contributed by atoms with van der Waals surface area (Å²) in [7, 11) is 0. The van der Waals surface area contributed by atoms with Gasteiger partial charge in [0.25, 0.3) is 5.91 Å². The van der Waals surface area contributed by atoms with E-state index in [1.54, 1.807) is 6.07 Å². The van der Waals surface area contributed by atoms with E-state index in [0.29, 0.717) is 15.8 Å². The summed E-state index contributed by atoms with van der Waals surface area (Å²) in [6.45, 7) is 1.72. The molecule has 1 aromatic rings. The Balaban J connectivity index is 1.97. The lowest BCUT2D eigenvalue weighted by atomic mass is 10.0. The highest BCUT2D eigenvalue weighted by atomic mass is 79.9. The van der Waals surface area contributed by atoms with E-state index in [2.05, 4.69) is 15.9 Å². The van der Waals surface area contributed by atoms with Crippen molar-refractivity contribution in [3.63, 3.8) is 0 Å². The number of hydrogen-bond acceptors (Lipinski definition) is 2. The molecule has 14 heavy (non-hydrogen) atoms. The maximum Gasteiger partial charge on any atom is 0.254 e. The zero-order chi connectivity index (χ0) is 10.1. The minimum Gasteiger partial charge on any atom is -0.338 e. The Morgan fingerprint density at radius 3 is 2.93 bits per heavy atom. The van der Waals surface area contributed by atoms with Gasteiger partial charge in [0.05, 0.1) is 9.90 Å². The molecule has 2 heterocycles. The lowest BCUT2D eigenvalue weighted by Crippen LogP contribution is -2.50. The van der Waals surface area contributed by atoms with Crippen LogP contribution in [0.2, 0.25) is 4.34 Å². The zero-order valence-corrected chi connectivity index (χ0v) is 10.5. The van der Waals surface area contributed by atoms with Crippen molar-refractivity contribution in [1.82, 2.24) is 4.90 Å². The molecule has 1 aliphatic heterocycles. The Morgan fingerprint density at radius 1 is 1.71 bits per heavy atom. The molecule has 0 radical (unpaired) electrons. The van der Waals surface area contributed by atoms with Gasteiger partial charge in [0.15, 0.2) is 0 Å². The van der Waals surface area contributed by atoms with Crippen LogP contribution in [0.5, 0.6) is 0 Å². The van der Waals surface area contributed by atoms with Crippen LogP contribution < -0.4 is 0 Å². The van der Waals surface area contributed by atoms with Crippen LogP contribution in [-0.2, 0) is 0 Å². The monoisotopic (exact) mass is 293 g/mol. The number of alkyl halides is 1. The second-order valence-corrected chi connectivity index (χ2v) is 5.56. The number of nitrogens with zero attached hydrogens (tertiary/aromatic N) is 1. The van der Waals surface area contributed by atoms with E-state index in [0.717, 1.165) is 18.4 Å². The van der Waals surface area contributed by atoms with Gasteiger partial charge in [-0.1, -0.05) is 27.5 Å². The highest BCUT2D eigenvalue weighted by Crippen LogP contribution is 2.24. The third-order valence-corrected chi connectivity index (χ3v) is 4.28. The van der Waals surface area contributed by atoms with Crippen LogP contribution in [-0.4, -0.2) is 29.2 Å². The van der Waals surface area contributed by atoms with Crippen molar-refractivity contribution in [3.05, 3.63) is 21.3 Å². The first-order valence-corrected chi connectivity index (χ1v) is 6.68. The number of carbonyl (C=O) groups is 1. The summed E-state index contributed by atoms with van der Waals surface area (Å²) in [5, 5.41) is 2.79. The van der Waals surface area contributed by atoms with Crippen LogP contribution in [0.15, 0.2) is 11.4 Å². The molecule has 1 saturated heterocycles. The number of thiophene rings is 1. The van der Waals surface area contributed by atoms with Crippen molar-refractivity contribution < 1.29 is 4.79 Å². The molecular weight excluding hydrogens is 286 g/mol. The van der Waals surface area contributed by atoms with E-state index >= 15 is 0 Å². The lowest BCUT2D eigenvalue weighted by Gasteiger charge is -2.38. The normalized spacial score (nSPS) is 16.9. The molecule has 2 rings (SSSR count). The highest BCUT2D eigenvalue weighted by Gasteiger charge is 2.30. The van der Waals surface area contributed by atoms with Crippen molar-refractivity contribution in [2.75, 3.05) is 18.4 Å². The molecule has 0 saturated carbocycles. The average molecular weight is 295 g/mol. The fraction of sp³-hybridized carbons (Fsp3) is 0.444. The Labute approximate surface area is 100.0 Å². The standard InChI is InChI=1S/C9H9BrClNOS/c10-2-6-3-12(4-6)9(13)7-1-8(11)14-5-7/h1,5-6H,2-4H2. The molecule has 0 spiro atoms. The molecule has 1 aromatic heterocycles. The van der Waals surface area contributed by atoms with Gasteiger partial charge in [0.1, 0.15) is 0 Å². The van der Waals surface area contributed by atoms with Gasteiger partial charge in [0, 0.05) is 29.7 Å². The Morgan fingerprint density at radius 2 is 2.43 bits per heavy atom. The predicted octanol–water partition coefficient (Wildman–Crippen LogP) is 2.87. The predicted molar refractivity (Wildman–Crippen MR) is 62.5 cm³/mol. The molecule has 1 aliphatic rings. The smallest absolute Gasteiger partial charge is 0.254 e. The first kappa shape index (κ1) is 10.5. The first-order valence-electron chi connectivity index (χ1n) is 4.30. The fourth-order valence-electron chi connectivity index (χ4n) is 1.44. The molecule has 1 fully saturated rings. The summed E-state index contributed by atoms with van der Waals surface area (Å²) in [6.07, 6.45) is 0. The van der Waals surface area contributed by atoms with E-state index in [9.17, 15) is 4.79 Å². The van der Waals surface area contributed by atoms with Gasteiger partial charge in [-0.3, -0.25) is 4.79 Å². The number of halogens is 2. The van der Waals surface area contributed by atoms with Crippen LogP contribution in [0, 0.1) is 5.92 Å². The summed E-state index contributed by atoms with van der Waals surface area (Å²) in [5.74, 6) is 0.721. The Kier molecular flexibility index (Phi) is 3.14. The minimum atomic E-state index is 0.102. The largest absolute Gasteiger partial charge is 0.338 e. The van der Waals surface area contributed by atoms with Crippen LogP contribution in [0.4, 0.5) is 0 Å². The number of likely N-dealkylation sites (tertiary alicyclic amines) is 1. The molecule has 0 aliphatic carbocycles. The molecule has 5 heteroatoms. The molecule has 0 unspecified atom stereocenters. The van der Waals surface area contributed by atoms with Crippen LogP contribution in [0.3, 0.4) is 0 Å². The minimum absolute atomic E-state index is 0.102. The molecule has 0 bridgehead atoms. The van der Waals surface area contributed by atoms with Gasteiger partial charge in [0.2, 0.25) is 0 Å². The van der Waals surface area contributed by atoms with Crippen LogP contribution in [0.1, 0.15) is 10.4 Å². The van der Waals surface area contributed by atoms with Crippen molar-refractivity contribution in [2.24, 2.45) is 5.92 Å². The molecule has 0 aromatic carbocycles. The lowest BCUT2D eigenvalue weighted by molar-refractivity contribution is 0.0539. The third kappa shape index (κ3) is 1.97. The molecular formula is C9H9BrClNOS. The summed E-state index contributed by atoms with van der Waals surface area (Å²) >= 11 is 10.6. The summed E-state index contributed by atoms with van der Waals surface area (Å²) in [5.41, 5.74) is 0.716. The second-order valence-electron chi connectivity index (χ2n) is 3.37. The average Bonchev–Trinajstić information content (AvgIpc) is 2.49. The zero-order valence-electron chi connectivity index (χ0n) is 7.37. The van der Waals surface area contributed by atoms with Gasteiger partial charge in [-0.25, -0.2) is 0 Å². The van der Waals surface area contributed by atoms with Crippen molar-refractivity contribution >= 4 is 44.8 Å². The maximum atomic E-state index is 11.8. The maximum absolute atomic E-state index is 11.8.